The molecule has 1 aliphatic heterocycles. The molecule has 27 heavy (non-hydrogen) atoms. The van der Waals surface area contributed by atoms with Crippen molar-refractivity contribution in [2.75, 3.05) is 13.1 Å². The third-order valence-corrected chi connectivity index (χ3v) is 4.87. The van der Waals surface area contributed by atoms with Crippen molar-refractivity contribution < 1.29 is 14.6 Å². The van der Waals surface area contributed by atoms with E-state index in [9.17, 15) is 9.90 Å². The number of hydrogen-bond donors (Lipinski definition) is 1. The van der Waals surface area contributed by atoms with Gasteiger partial charge in [0.25, 0.3) is 0 Å². The average molecular weight is 431 g/mol. The van der Waals surface area contributed by atoms with Crippen molar-refractivity contribution in [1.82, 2.24) is 9.88 Å². The molecule has 3 rings (SSSR count). The number of benzene rings is 1. The number of ether oxygens (including phenoxy) is 1. The summed E-state index contributed by atoms with van der Waals surface area (Å²) < 4.78 is 6.35. The van der Waals surface area contributed by atoms with Gasteiger partial charge in [-0.2, -0.15) is 0 Å². The van der Waals surface area contributed by atoms with E-state index >= 15 is 0 Å². The van der Waals surface area contributed by atoms with Gasteiger partial charge in [-0.3, -0.25) is 4.98 Å². The van der Waals surface area contributed by atoms with Gasteiger partial charge in [0.05, 0.1) is 5.52 Å². The molecule has 1 amide bonds. The summed E-state index contributed by atoms with van der Waals surface area (Å²) in [4.78, 5) is 18.1. The van der Waals surface area contributed by atoms with Crippen molar-refractivity contribution in [2.24, 2.45) is 0 Å². The Balaban J connectivity index is 1.73. The lowest BCUT2D eigenvalue weighted by Crippen LogP contribution is -2.47. The molecule has 0 bridgehead atoms. The summed E-state index contributed by atoms with van der Waals surface area (Å²) in [5, 5.41) is 11.8. The summed E-state index contributed by atoms with van der Waals surface area (Å²) in [5.74, 6) is 6.13. The van der Waals surface area contributed by atoms with Gasteiger partial charge in [-0.25, -0.2) is 4.79 Å². The smallest absolute Gasteiger partial charge is 0.410 e. The van der Waals surface area contributed by atoms with Gasteiger partial charge in [-0.05, 0) is 45.0 Å². The van der Waals surface area contributed by atoms with Gasteiger partial charge in [0.1, 0.15) is 11.2 Å². The summed E-state index contributed by atoms with van der Waals surface area (Å²) >= 11 is 3.47. The topological polar surface area (TPSA) is 62.7 Å². The molecule has 2 aromatic rings. The number of aromatic nitrogens is 1. The summed E-state index contributed by atoms with van der Waals surface area (Å²) in [6.07, 6.45) is 2.16. The Morgan fingerprint density at radius 1 is 1.30 bits per heavy atom. The Kier molecular flexibility index (Phi) is 5.45. The van der Waals surface area contributed by atoms with Crippen LogP contribution in [0.4, 0.5) is 4.79 Å². The number of amides is 1. The second kappa shape index (κ2) is 7.49. The first kappa shape index (κ1) is 19.7. The van der Waals surface area contributed by atoms with E-state index in [0.717, 1.165) is 20.9 Å². The molecule has 5 nitrogen and oxygen atoms in total. The van der Waals surface area contributed by atoms with E-state index in [-0.39, 0.29) is 6.09 Å². The first-order valence-electron chi connectivity index (χ1n) is 8.93. The van der Waals surface area contributed by atoms with Crippen LogP contribution in [-0.2, 0) is 4.74 Å². The molecule has 2 heterocycles. The first-order valence-corrected chi connectivity index (χ1v) is 9.72. The molecule has 1 aliphatic rings. The lowest BCUT2D eigenvalue weighted by atomic mass is 9.92. The van der Waals surface area contributed by atoms with E-state index in [1.807, 2.05) is 45.0 Å². The predicted octanol–water partition coefficient (Wildman–Crippen LogP) is 4.11. The Morgan fingerprint density at radius 2 is 2.00 bits per heavy atom. The zero-order valence-corrected chi connectivity index (χ0v) is 17.3. The maximum atomic E-state index is 12.2. The minimum atomic E-state index is -1.11. The number of hydrogen-bond acceptors (Lipinski definition) is 4. The summed E-state index contributed by atoms with van der Waals surface area (Å²) in [7, 11) is 0. The molecule has 0 spiro atoms. The number of piperidine rings is 1. The molecule has 1 N–H and O–H groups in total. The van der Waals surface area contributed by atoms with Crippen LogP contribution in [0.1, 0.15) is 39.2 Å². The van der Waals surface area contributed by atoms with Gasteiger partial charge >= 0.3 is 6.09 Å². The number of halogens is 1. The fraction of sp³-hybridized carbons (Fsp3) is 0.429. The first-order chi connectivity index (χ1) is 12.7. The van der Waals surface area contributed by atoms with Crippen LogP contribution in [0.2, 0.25) is 0 Å². The summed E-state index contributed by atoms with van der Waals surface area (Å²) in [6, 6.07) is 7.69. The number of carbonyl (C=O) groups is 1. The van der Waals surface area contributed by atoms with Crippen molar-refractivity contribution in [3.05, 3.63) is 40.5 Å². The van der Waals surface area contributed by atoms with Crippen molar-refractivity contribution in [3.63, 3.8) is 0 Å². The molecule has 1 saturated heterocycles. The SMILES string of the molecule is CC(C)(C)OC(=O)N1CCC(O)(C#Cc2ccnc3ccc(Br)cc23)CC1. The lowest BCUT2D eigenvalue weighted by molar-refractivity contribution is -0.00513. The van der Waals surface area contributed by atoms with Gasteiger partial charge in [-0.15, -0.1) is 0 Å². The Hall–Kier alpha value is -2.10. The Bertz CT molecular complexity index is 916. The molecule has 6 heteroatoms. The Morgan fingerprint density at radius 3 is 2.67 bits per heavy atom. The maximum absolute atomic E-state index is 12.2. The van der Waals surface area contributed by atoms with Crippen molar-refractivity contribution in [1.29, 1.82) is 0 Å². The Labute approximate surface area is 167 Å². The third-order valence-electron chi connectivity index (χ3n) is 4.38. The molecule has 142 valence electrons. The molecule has 0 atom stereocenters. The molecule has 0 saturated carbocycles. The number of nitrogens with zero attached hydrogens (tertiary/aromatic N) is 2. The van der Waals surface area contributed by atoms with E-state index in [1.165, 1.54) is 0 Å². The van der Waals surface area contributed by atoms with Crippen molar-refractivity contribution in [2.45, 2.75) is 44.8 Å². The largest absolute Gasteiger partial charge is 0.444 e. The van der Waals surface area contributed by atoms with Crippen LogP contribution in [-0.4, -0.2) is 45.4 Å². The van der Waals surface area contributed by atoms with Crippen molar-refractivity contribution >= 4 is 32.9 Å². The molecular weight excluding hydrogens is 408 g/mol. The van der Waals surface area contributed by atoms with E-state index < -0.39 is 11.2 Å². The van der Waals surface area contributed by atoms with Gasteiger partial charge < -0.3 is 14.7 Å². The van der Waals surface area contributed by atoms with E-state index in [2.05, 4.69) is 32.8 Å². The number of pyridine rings is 1. The highest BCUT2D eigenvalue weighted by Gasteiger charge is 2.34. The van der Waals surface area contributed by atoms with Crippen LogP contribution in [0.15, 0.2) is 34.9 Å². The second-order valence-electron chi connectivity index (χ2n) is 7.77. The van der Waals surface area contributed by atoms with Crippen LogP contribution < -0.4 is 0 Å². The molecule has 1 fully saturated rings. The number of fused-ring (bicyclic) bond motifs is 1. The quantitative estimate of drug-likeness (QED) is 0.638. The van der Waals surface area contributed by atoms with Crippen LogP contribution in [0.25, 0.3) is 10.9 Å². The maximum Gasteiger partial charge on any atom is 0.410 e. The lowest BCUT2D eigenvalue weighted by Gasteiger charge is -2.35. The van der Waals surface area contributed by atoms with E-state index in [0.29, 0.717) is 25.9 Å². The monoisotopic (exact) mass is 430 g/mol. The minimum Gasteiger partial charge on any atom is -0.444 e. The molecule has 0 radical (unpaired) electrons. The fourth-order valence-electron chi connectivity index (χ4n) is 2.92. The molecule has 0 aliphatic carbocycles. The number of likely N-dealkylation sites (tertiary alicyclic amines) is 1. The fourth-order valence-corrected chi connectivity index (χ4v) is 3.28. The van der Waals surface area contributed by atoms with Crippen LogP contribution >= 0.6 is 15.9 Å². The van der Waals surface area contributed by atoms with E-state index in [1.54, 1.807) is 11.1 Å². The standard InChI is InChI=1S/C21H23BrN2O3/c1-20(2,3)27-19(25)24-12-9-21(26,10-13-24)8-6-15-7-11-23-18-5-4-16(22)14-17(15)18/h4-5,7,11,14,26H,9-10,12-13H2,1-3H3. The minimum absolute atomic E-state index is 0.345. The highest BCUT2D eigenvalue weighted by molar-refractivity contribution is 9.10. The van der Waals surface area contributed by atoms with Gasteiger partial charge in [0.2, 0.25) is 0 Å². The predicted molar refractivity (Wildman–Crippen MR) is 108 cm³/mol. The summed E-state index contributed by atoms with van der Waals surface area (Å²) in [5.41, 5.74) is 0.0440. The second-order valence-corrected chi connectivity index (χ2v) is 8.68. The number of aliphatic hydroxyl groups is 1. The molecule has 1 aromatic carbocycles. The zero-order valence-electron chi connectivity index (χ0n) is 15.8. The average Bonchev–Trinajstić information content (AvgIpc) is 2.59. The molecular formula is C21H23BrN2O3. The molecule has 0 unspecified atom stereocenters. The molecule has 1 aromatic heterocycles. The van der Waals surface area contributed by atoms with Gasteiger partial charge in [0.15, 0.2) is 0 Å². The highest BCUT2D eigenvalue weighted by atomic mass is 79.9. The van der Waals surface area contributed by atoms with E-state index in [4.69, 9.17) is 4.74 Å². The van der Waals surface area contributed by atoms with Crippen LogP contribution in [0.5, 0.6) is 0 Å². The number of carbonyl (C=O) groups excluding carboxylic acids is 1. The van der Waals surface area contributed by atoms with Gasteiger partial charge in [-0.1, -0.05) is 27.8 Å². The van der Waals surface area contributed by atoms with Crippen molar-refractivity contribution in [3.8, 4) is 11.8 Å². The van der Waals surface area contributed by atoms with Crippen LogP contribution in [0.3, 0.4) is 0 Å². The van der Waals surface area contributed by atoms with Crippen LogP contribution in [0, 0.1) is 11.8 Å². The number of rotatable bonds is 0. The highest BCUT2D eigenvalue weighted by Crippen LogP contribution is 2.25. The zero-order chi connectivity index (χ0) is 19.7. The van der Waals surface area contributed by atoms with Gasteiger partial charge in [0, 0.05) is 47.6 Å². The normalized spacial score (nSPS) is 16.6. The third kappa shape index (κ3) is 5.00. The summed E-state index contributed by atoms with van der Waals surface area (Å²) in [6.45, 7) is 6.36.